The molecule has 0 atom stereocenters. The Bertz CT molecular complexity index is 464. The zero-order valence-electron chi connectivity index (χ0n) is 11.3. The normalized spacial score (nSPS) is 21.2. The zero-order chi connectivity index (χ0) is 13.9. The number of aromatic nitrogens is 2. The maximum atomic E-state index is 10.4. The van der Waals surface area contributed by atoms with Gasteiger partial charge in [0.05, 0.1) is 12.6 Å². The molecule has 1 aromatic rings. The molecule has 0 amide bonds. The SMILES string of the molecule is O=C(O)COC1CCN(Cc2noc(C3CC3)n2)CC1. The molecule has 1 N–H and O–H groups in total. The molecule has 0 aromatic carbocycles. The number of nitrogens with zero attached hydrogens (tertiary/aromatic N) is 3. The lowest BCUT2D eigenvalue weighted by atomic mass is 10.1. The first-order valence-electron chi connectivity index (χ1n) is 7.09. The highest BCUT2D eigenvalue weighted by Crippen LogP contribution is 2.38. The van der Waals surface area contributed by atoms with Gasteiger partial charge in [-0.1, -0.05) is 5.16 Å². The van der Waals surface area contributed by atoms with Crippen molar-refractivity contribution in [3.8, 4) is 0 Å². The lowest BCUT2D eigenvalue weighted by Crippen LogP contribution is -2.37. The third-order valence-corrected chi connectivity index (χ3v) is 3.75. The summed E-state index contributed by atoms with van der Waals surface area (Å²) in [4.78, 5) is 17.1. The Balaban J connectivity index is 1.42. The van der Waals surface area contributed by atoms with E-state index in [1.54, 1.807) is 0 Å². The van der Waals surface area contributed by atoms with Crippen LogP contribution in [0.2, 0.25) is 0 Å². The van der Waals surface area contributed by atoms with Gasteiger partial charge < -0.3 is 14.4 Å². The van der Waals surface area contributed by atoms with Crippen LogP contribution in [-0.4, -0.2) is 51.9 Å². The predicted molar refractivity (Wildman–Crippen MR) is 68.2 cm³/mol. The standard InChI is InChI=1S/C13H19N3O4/c17-12(18)8-19-10-3-5-16(6-4-10)7-11-14-13(20-15-11)9-1-2-9/h9-10H,1-8H2,(H,17,18). The predicted octanol–water partition coefficient (Wildman–Crippen LogP) is 1.01. The van der Waals surface area contributed by atoms with Crippen molar-refractivity contribution in [2.24, 2.45) is 0 Å². The van der Waals surface area contributed by atoms with Gasteiger partial charge in [0.25, 0.3) is 0 Å². The van der Waals surface area contributed by atoms with Crippen molar-refractivity contribution in [2.45, 2.75) is 44.2 Å². The summed E-state index contributed by atoms with van der Waals surface area (Å²) in [5.74, 6) is 1.11. The van der Waals surface area contributed by atoms with Crippen LogP contribution >= 0.6 is 0 Å². The number of piperidine rings is 1. The summed E-state index contributed by atoms with van der Waals surface area (Å²) >= 11 is 0. The summed E-state index contributed by atoms with van der Waals surface area (Å²) in [5, 5.41) is 12.6. The van der Waals surface area contributed by atoms with Crippen LogP contribution in [-0.2, 0) is 16.1 Å². The molecule has 1 aromatic heterocycles. The largest absolute Gasteiger partial charge is 0.480 e. The number of ether oxygens (including phenoxy) is 1. The van der Waals surface area contributed by atoms with Crippen molar-refractivity contribution in [3.63, 3.8) is 0 Å². The zero-order valence-corrected chi connectivity index (χ0v) is 11.3. The van der Waals surface area contributed by atoms with Crippen LogP contribution in [0, 0.1) is 0 Å². The lowest BCUT2D eigenvalue weighted by molar-refractivity contribution is -0.145. The number of rotatable bonds is 6. The number of likely N-dealkylation sites (tertiary alicyclic amines) is 1. The van der Waals surface area contributed by atoms with Crippen molar-refractivity contribution < 1.29 is 19.2 Å². The molecule has 0 bridgehead atoms. The van der Waals surface area contributed by atoms with E-state index in [4.69, 9.17) is 14.4 Å². The number of carboxylic acids is 1. The summed E-state index contributed by atoms with van der Waals surface area (Å²) in [6.07, 6.45) is 4.07. The van der Waals surface area contributed by atoms with Gasteiger partial charge in [-0.15, -0.1) is 0 Å². The molecule has 2 fully saturated rings. The van der Waals surface area contributed by atoms with Gasteiger partial charge >= 0.3 is 5.97 Å². The van der Waals surface area contributed by atoms with E-state index in [-0.39, 0.29) is 12.7 Å². The molecule has 0 radical (unpaired) electrons. The molecule has 0 unspecified atom stereocenters. The second-order valence-electron chi connectivity index (χ2n) is 5.50. The van der Waals surface area contributed by atoms with Crippen molar-refractivity contribution >= 4 is 5.97 Å². The van der Waals surface area contributed by atoms with Gasteiger partial charge in [-0.05, 0) is 25.7 Å². The molecule has 1 aliphatic carbocycles. The molecule has 20 heavy (non-hydrogen) atoms. The van der Waals surface area contributed by atoms with Crippen LogP contribution in [0.1, 0.15) is 43.3 Å². The molecule has 110 valence electrons. The summed E-state index contributed by atoms with van der Waals surface area (Å²) in [7, 11) is 0. The Hall–Kier alpha value is -1.47. The molecule has 7 nitrogen and oxygen atoms in total. The topological polar surface area (TPSA) is 88.7 Å². The molecule has 0 spiro atoms. The summed E-state index contributed by atoms with van der Waals surface area (Å²) in [5.41, 5.74) is 0. The van der Waals surface area contributed by atoms with Crippen LogP contribution in [0.4, 0.5) is 0 Å². The summed E-state index contributed by atoms with van der Waals surface area (Å²) < 4.78 is 10.5. The van der Waals surface area contributed by atoms with E-state index in [9.17, 15) is 4.79 Å². The Morgan fingerprint density at radius 3 is 2.75 bits per heavy atom. The fourth-order valence-corrected chi connectivity index (χ4v) is 2.45. The average Bonchev–Trinajstić information content (AvgIpc) is 3.19. The second kappa shape index (κ2) is 5.88. The third kappa shape index (κ3) is 3.55. The minimum absolute atomic E-state index is 0.0506. The maximum absolute atomic E-state index is 10.4. The third-order valence-electron chi connectivity index (χ3n) is 3.75. The molecule has 7 heteroatoms. The molecule has 1 saturated carbocycles. The Morgan fingerprint density at radius 1 is 1.35 bits per heavy atom. The number of carbonyl (C=O) groups is 1. The van der Waals surface area contributed by atoms with Gasteiger partial charge in [0.2, 0.25) is 5.89 Å². The van der Waals surface area contributed by atoms with E-state index in [0.717, 1.165) is 50.5 Å². The van der Waals surface area contributed by atoms with Crippen molar-refractivity contribution in [1.82, 2.24) is 15.0 Å². The lowest BCUT2D eigenvalue weighted by Gasteiger charge is -2.30. The van der Waals surface area contributed by atoms with Crippen molar-refractivity contribution in [2.75, 3.05) is 19.7 Å². The van der Waals surface area contributed by atoms with Crippen LogP contribution < -0.4 is 0 Å². The molecule has 2 heterocycles. The molecule has 1 aliphatic heterocycles. The first kappa shape index (κ1) is 13.5. The van der Waals surface area contributed by atoms with Crippen LogP contribution in [0.3, 0.4) is 0 Å². The van der Waals surface area contributed by atoms with E-state index in [2.05, 4.69) is 15.0 Å². The summed E-state index contributed by atoms with van der Waals surface area (Å²) in [6, 6.07) is 0. The highest BCUT2D eigenvalue weighted by Gasteiger charge is 2.30. The number of hydrogen-bond acceptors (Lipinski definition) is 6. The second-order valence-corrected chi connectivity index (χ2v) is 5.50. The highest BCUT2D eigenvalue weighted by atomic mass is 16.5. The highest BCUT2D eigenvalue weighted by molar-refractivity contribution is 5.68. The maximum Gasteiger partial charge on any atom is 0.329 e. The fraction of sp³-hybridized carbons (Fsp3) is 0.769. The summed E-state index contributed by atoms with van der Waals surface area (Å²) in [6.45, 7) is 2.23. The Labute approximate surface area is 116 Å². The van der Waals surface area contributed by atoms with Crippen LogP contribution in [0.5, 0.6) is 0 Å². The quantitative estimate of drug-likeness (QED) is 0.832. The van der Waals surface area contributed by atoms with E-state index in [1.807, 2.05) is 0 Å². The van der Waals surface area contributed by atoms with Gasteiger partial charge in [-0.25, -0.2) is 4.79 Å². The number of hydrogen-bond donors (Lipinski definition) is 1. The smallest absolute Gasteiger partial charge is 0.329 e. The minimum atomic E-state index is -0.910. The first-order valence-corrected chi connectivity index (χ1v) is 7.09. The fourth-order valence-electron chi connectivity index (χ4n) is 2.45. The van der Waals surface area contributed by atoms with E-state index >= 15 is 0 Å². The Kier molecular flexibility index (Phi) is 3.98. The van der Waals surface area contributed by atoms with Crippen molar-refractivity contribution in [1.29, 1.82) is 0 Å². The van der Waals surface area contributed by atoms with Gasteiger partial charge in [0.15, 0.2) is 5.82 Å². The minimum Gasteiger partial charge on any atom is -0.480 e. The average molecular weight is 281 g/mol. The van der Waals surface area contributed by atoms with Gasteiger partial charge in [0.1, 0.15) is 6.61 Å². The number of aliphatic carboxylic acids is 1. The molecule has 3 rings (SSSR count). The molecule has 1 saturated heterocycles. The van der Waals surface area contributed by atoms with E-state index < -0.39 is 5.97 Å². The monoisotopic (exact) mass is 281 g/mol. The van der Waals surface area contributed by atoms with E-state index in [0.29, 0.717) is 12.5 Å². The molecule has 2 aliphatic rings. The van der Waals surface area contributed by atoms with Crippen molar-refractivity contribution in [3.05, 3.63) is 11.7 Å². The van der Waals surface area contributed by atoms with Gasteiger partial charge in [-0.2, -0.15) is 4.98 Å². The van der Waals surface area contributed by atoms with Crippen LogP contribution in [0.25, 0.3) is 0 Å². The van der Waals surface area contributed by atoms with Gasteiger partial charge in [-0.3, -0.25) is 4.90 Å². The molecular formula is C13H19N3O4. The first-order chi connectivity index (χ1) is 9.70. The molecular weight excluding hydrogens is 262 g/mol. The van der Waals surface area contributed by atoms with Gasteiger partial charge in [0, 0.05) is 19.0 Å². The van der Waals surface area contributed by atoms with E-state index in [1.165, 1.54) is 0 Å². The number of carboxylic acid groups (broad SMARTS) is 1. The van der Waals surface area contributed by atoms with Crippen LogP contribution in [0.15, 0.2) is 4.52 Å². The Morgan fingerprint density at radius 2 is 2.10 bits per heavy atom.